The Hall–Kier alpha value is -3.88. The smallest absolute Gasteiger partial charge is 0.251 e. The largest absolute Gasteiger partial charge is 0.493 e. The van der Waals surface area contributed by atoms with Gasteiger partial charge in [0.2, 0.25) is 11.8 Å². The van der Waals surface area contributed by atoms with E-state index in [2.05, 4.69) is 19.2 Å². The number of unbranched alkanes of at least 4 members (excludes halogenated alkanes) is 6. The van der Waals surface area contributed by atoms with Gasteiger partial charge in [0.05, 0.1) is 112 Å². The van der Waals surface area contributed by atoms with Crippen molar-refractivity contribution >= 4 is 35.1 Å². The third-order valence-corrected chi connectivity index (χ3v) is 10.9. The SMILES string of the molecule is CCCCOCCOCCOCCOCCC(=O)CCCCOc1cc(OCCCCC(=O)CCOCCOCCOCCOCCCC)cc(C(=O)NCCCCCC(=O)CN2C(=O)CCC2=O)c1. The van der Waals surface area contributed by atoms with Gasteiger partial charge in [-0.05, 0) is 63.5 Å². The lowest BCUT2D eigenvalue weighted by Gasteiger charge is -2.13. The Morgan fingerprint density at radius 3 is 1.24 bits per heavy atom. The normalized spacial score (nSPS) is 12.5. The Morgan fingerprint density at radius 1 is 0.429 bits per heavy atom. The van der Waals surface area contributed by atoms with Gasteiger partial charge in [0.15, 0.2) is 5.78 Å². The van der Waals surface area contributed by atoms with Crippen molar-refractivity contribution < 1.29 is 76.1 Å². The van der Waals surface area contributed by atoms with E-state index in [1.165, 1.54) is 0 Å². The number of carbonyl (C=O) groups is 6. The summed E-state index contributed by atoms with van der Waals surface area (Å²) in [6, 6.07) is 5.03. The highest BCUT2D eigenvalue weighted by Crippen LogP contribution is 2.24. The van der Waals surface area contributed by atoms with Crippen LogP contribution in [0.4, 0.5) is 0 Å². The summed E-state index contributed by atoms with van der Waals surface area (Å²) in [5.41, 5.74) is 0.358. The number of carbonyl (C=O) groups excluding carboxylic acids is 6. The van der Waals surface area contributed by atoms with Crippen molar-refractivity contribution in [3.05, 3.63) is 23.8 Å². The highest BCUT2D eigenvalue weighted by molar-refractivity contribution is 6.04. The van der Waals surface area contributed by atoms with Crippen molar-refractivity contribution in [2.75, 3.05) is 132 Å². The standard InChI is InChI=1S/C52H86N2O16/c1-3-5-22-61-28-32-65-36-38-67-34-30-63-26-19-45(55)14-9-12-24-69-48-40-44(52(60)53-21-11-7-8-16-47(57)43-54-50(58)17-18-51(54)59)41-49(42-48)70-25-13-10-15-46(56)20-27-64-31-35-68-39-37-66-33-29-62-23-6-4-2/h40-42H,3-39,43H2,1-2H3,(H,53,60). The van der Waals surface area contributed by atoms with Gasteiger partial charge in [-0.1, -0.05) is 33.1 Å². The minimum Gasteiger partial charge on any atom is -0.493 e. The van der Waals surface area contributed by atoms with Crippen molar-refractivity contribution in [2.45, 2.75) is 129 Å². The zero-order valence-corrected chi connectivity index (χ0v) is 42.6. The second kappa shape index (κ2) is 43.9. The molecule has 0 aromatic heterocycles. The monoisotopic (exact) mass is 995 g/mol. The summed E-state index contributed by atoms with van der Waals surface area (Å²) in [5.74, 6) is 0.0672. The van der Waals surface area contributed by atoms with Gasteiger partial charge in [0.1, 0.15) is 23.1 Å². The molecule has 1 aliphatic rings. The topological polar surface area (TPSA) is 210 Å². The predicted molar refractivity (Wildman–Crippen MR) is 263 cm³/mol. The molecule has 1 aromatic rings. The maximum absolute atomic E-state index is 13.3. The molecule has 1 saturated heterocycles. The summed E-state index contributed by atoms with van der Waals surface area (Å²) in [4.78, 5) is 75.1. The van der Waals surface area contributed by atoms with Crippen LogP contribution in [-0.4, -0.2) is 172 Å². The molecule has 1 aliphatic heterocycles. The van der Waals surface area contributed by atoms with Crippen molar-refractivity contribution in [3.8, 4) is 11.5 Å². The molecule has 400 valence electrons. The molecule has 1 fully saturated rings. The first kappa shape index (κ1) is 62.2. The van der Waals surface area contributed by atoms with E-state index in [-0.39, 0.29) is 60.9 Å². The molecule has 1 heterocycles. The number of nitrogens with one attached hydrogen (secondary N) is 1. The summed E-state index contributed by atoms with van der Waals surface area (Å²) in [5, 5.41) is 2.92. The molecule has 0 saturated carbocycles. The summed E-state index contributed by atoms with van der Waals surface area (Å²) in [6.45, 7) is 13.2. The molecule has 0 spiro atoms. The molecule has 18 nitrogen and oxygen atoms in total. The first-order valence-corrected chi connectivity index (χ1v) is 25.9. The average Bonchev–Trinajstić information content (AvgIpc) is 3.66. The molecular formula is C52H86N2O16. The number of likely N-dealkylation sites (tertiary alicyclic amines) is 1. The molecule has 18 heteroatoms. The van der Waals surface area contributed by atoms with Gasteiger partial charge >= 0.3 is 0 Å². The molecule has 70 heavy (non-hydrogen) atoms. The van der Waals surface area contributed by atoms with E-state index in [0.717, 1.165) is 43.8 Å². The molecule has 0 bridgehead atoms. The number of ether oxygens (including phenoxy) is 10. The van der Waals surface area contributed by atoms with Crippen LogP contribution in [0.3, 0.4) is 0 Å². The molecule has 0 atom stereocenters. The van der Waals surface area contributed by atoms with Gasteiger partial charge in [-0.3, -0.25) is 33.7 Å². The van der Waals surface area contributed by atoms with E-state index in [0.29, 0.717) is 200 Å². The minimum absolute atomic E-state index is 0.111. The Bertz CT molecular complexity index is 1470. The molecule has 2 rings (SSSR count). The van der Waals surface area contributed by atoms with Crippen LogP contribution < -0.4 is 14.8 Å². The lowest BCUT2D eigenvalue weighted by molar-refractivity contribution is -0.141. The molecule has 3 amide bonds. The van der Waals surface area contributed by atoms with Crippen LogP contribution in [0, 0.1) is 0 Å². The Balaban J connectivity index is 1.67. The number of nitrogens with zero attached hydrogens (tertiary/aromatic N) is 1. The van der Waals surface area contributed by atoms with E-state index < -0.39 is 0 Å². The fraction of sp³-hybridized carbons (Fsp3) is 0.769. The molecular weight excluding hydrogens is 909 g/mol. The summed E-state index contributed by atoms with van der Waals surface area (Å²) < 4.78 is 56.0. The van der Waals surface area contributed by atoms with E-state index in [1.54, 1.807) is 18.2 Å². The number of rotatable bonds is 51. The maximum atomic E-state index is 13.3. The highest BCUT2D eigenvalue weighted by atomic mass is 16.6. The number of amides is 3. The first-order valence-electron chi connectivity index (χ1n) is 25.9. The quantitative estimate of drug-likeness (QED) is 0.0550. The Morgan fingerprint density at radius 2 is 0.814 bits per heavy atom. The summed E-state index contributed by atoms with van der Waals surface area (Å²) in [6.07, 6.45) is 10.8. The van der Waals surface area contributed by atoms with Crippen LogP contribution in [-0.2, 0) is 61.9 Å². The number of hydrogen-bond donors (Lipinski definition) is 1. The summed E-state index contributed by atoms with van der Waals surface area (Å²) >= 11 is 0. The van der Waals surface area contributed by atoms with Gasteiger partial charge in [0, 0.05) is 76.3 Å². The maximum Gasteiger partial charge on any atom is 0.251 e. The Kier molecular flexibility index (Phi) is 39.0. The van der Waals surface area contributed by atoms with Crippen LogP contribution in [0.2, 0.25) is 0 Å². The van der Waals surface area contributed by atoms with Crippen LogP contribution in [0.1, 0.15) is 140 Å². The number of hydrogen-bond acceptors (Lipinski definition) is 16. The Labute approximate surface area is 417 Å². The predicted octanol–water partition coefficient (Wildman–Crippen LogP) is 6.44. The van der Waals surface area contributed by atoms with Crippen molar-refractivity contribution in [1.82, 2.24) is 10.2 Å². The van der Waals surface area contributed by atoms with Crippen molar-refractivity contribution in [2.24, 2.45) is 0 Å². The summed E-state index contributed by atoms with van der Waals surface area (Å²) in [7, 11) is 0. The van der Waals surface area contributed by atoms with E-state index in [1.807, 2.05) is 0 Å². The minimum atomic E-state index is -0.308. The van der Waals surface area contributed by atoms with Gasteiger partial charge in [-0.2, -0.15) is 0 Å². The average molecular weight is 995 g/mol. The number of Topliss-reactive ketones (excluding diaryl/α,β-unsaturated/α-hetero) is 3. The third-order valence-electron chi connectivity index (χ3n) is 10.9. The molecule has 1 N–H and O–H groups in total. The second-order valence-corrected chi connectivity index (χ2v) is 17.0. The lowest BCUT2D eigenvalue weighted by atomic mass is 10.1. The second-order valence-electron chi connectivity index (χ2n) is 17.0. The van der Waals surface area contributed by atoms with Gasteiger partial charge < -0.3 is 52.7 Å². The van der Waals surface area contributed by atoms with Crippen molar-refractivity contribution in [1.29, 1.82) is 0 Å². The van der Waals surface area contributed by atoms with Crippen LogP contribution in [0.25, 0.3) is 0 Å². The van der Waals surface area contributed by atoms with E-state index in [9.17, 15) is 28.8 Å². The molecule has 0 radical (unpaired) electrons. The van der Waals surface area contributed by atoms with E-state index in [4.69, 9.17) is 47.4 Å². The first-order chi connectivity index (χ1) is 34.2. The number of benzene rings is 1. The zero-order chi connectivity index (χ0) is 50.5. The lowest BCUT2D eigenvalue weighted by Crippen LogP contribution is -2.34. The molecule has 0 aliphatic carbocycles. The zero-order valence-electron chi connectivity index (χ0n) is 42.6. The number of ketones is 3. The highest BCUT2D eigenvalue weighted by Gasteiger charge is 2.30. The number of imide groups is 1. The fourth-order valence-corrected chi connectivity index (χ4v) is 6.72. The molecule has 1 aromatic carbocycles. The van der Waals surface area contributed by atoms with E-state index >= 15 is 0 Å². The van der Waals surface area contributed by atoms with Crippen LogP contribution in [0.5, 0.6) is 11.5 Å². The van der Waals surface area contributed by atoms with Gasteiger partial charge in [0.25, 0.3) is 5.91 Å². The van der Waals surface area contributed by atoms with Gasteiger partial charge in [-0.15, -0.1) is 0 Å². The van der Waals surface area contributed by atoms with Crippen LogP contribution in [0.15, 0.2) is 18.2 Å². The fourth-order valence-electron chi connectivity index (χ4n) is 6.72. The van der Waals surface area contributed by atoms with Gasteiger partial charge in [-0.25, -0.2) is 0 Å². The third kappa shape index (κ3) is 34.4. The van der Waals surface area contributed by atoms with Crippen LogP contribution >= 0.6 is 0 Å². The molecule has 0 unspecified atom stereocenters. The van der Waals surface area contributed by atoms with Crippen molar-refractivity contribution in [3.63, 3.8) is 0 Å².